The fraction of sp³-hybridized carbons (Fsp3) is 0.500. The fourth-order valence-corrected chi connectivity index (χ4v) is 2.55. The number of aromatic nitrogens is 2. The second-order valence-electron chi connectivity index (χ2n) is 5.37. The highest BCUT2D eigenvalue weighted by Gasteiger charge is 2.11. The molecule has 1 aromatic carbocycles. The maximum atomic E-state index is 5.82. The predicted octanol–water partition coefficient (Wildman–Crippen LogP) is 3.90. The number of nitrogens with two attached hydrogens (primary N) is 1. The topological polar surface area (TPSA) is 63.8 Å². The van der Waals surface area contributed by atoms with Gasteiger partial charge in [-0.3, -0.25) is 0 Å². The third-order valence-electron chi connectivity index (χ3n) is 3.48. The first kappa shape index (κ1) is 14.6. The van der Waals surface area contributed by atoms with E-state index in [4.69, 9.17) is 5.73 Å². The number of rotatable bonds is 6. The van der Waals surface area contributed by atoms with Gasteiger partial charge in [-0.05, 0) is 31.9 Å². The van der Waals surface area contributed by atoms with Crippen molar-refractivity contribution < 1.29 is 0 Å². The Kier molecular flexibility index (Phi) is 4.77. The molecule has 0 saturated heterocycles. The number of benzene rings is 1. The van der Waals surface area contributed by atoms with Crippen LogP contribution in [0.1, 0.15) is 45.1 Å². The smallest absolute Gasteiger partial charge is 0.222 e. The number of hydrogen-bond acceptors (Lipinski definition) is 4. The van der Waals surface area contributed by atoms with Gasteiger partial charge in [0.1, 0.15) is 5.82 Å². The van der Waals surface area contributed by atoms with Crippen LogP contribution in [0.25, 0.3) is 10.9 Å². The molecule has 1 heterocycles. The van der Waals surface area contributed by atoms with Crippen molar-refractivity contribution in [3.63, 3.8) is 0 Å². The Morgan fingerprint density at radius 2 is 1.85 bits per heavy atom. The Morgan fingerprint density at radius 1 is 1.15 bits per heavy atom. The summed E-state index contributed by atoms with van der Waals surface area (Å²) in [5.74, 6) is 1.19. The maximum absolute atomic E-state index is 5.82. The van der Waals surface area contributed by atoms with Gasteiger partial charge in [-0.1, -0.05) is 38.3 Å². The fourth-order valence-electron chi connectivity index (χ4n) is 2.55. The molecule has 0 unspecified atom stereocenters. The Labute approximate surface area is 120 Å². The van der Waals surface area contributed by atoms with Crippen molar-refractivity contribution in [2.75, 3.05) is 11.1 Å². The summed E-state index contributed by atoms with van der Waals surface area (Å²) in [6, 6.07) is 6.62. The van der Waals surface area contributed by atoms with Crippen molar-refractivity contribution in [2.45, 2.75) is 52.5 Å². The quantitative estimate of drug-likeness (QED) is 0.837. The van der Waals surface area contributed by atoms with E-state index in [-0.39, 0.29) is 0 Å². The third kappa shape index (κ3) is 3.38. The highest BCUT2D eigenvalue weighted by Crippen LogP contribution is 2.24. The molecule has 108 valence electrons. The van der Waals surface area contributed by atoms with Gasteiger partial charge in [0.05, 0.1) is 5.52 Å². The van der Waals surface area contributed by atoms with E-state index in [1.54, 1.807) is 0 Å². The number of fused-ring (bicyclic) bond motifs is 1. The Bertz CT molecular complexity index is 574. The van der Waals surface area contributed by atoms with Gasteiger partial charge in [0.15, 0.2) is 0 Å². The maximum Gasteiger partial charge on any atom is 0.222 e. The average molecular weight is 272 g/mol. The highest BCUT2D eigenvalue weighted by molar-refractivity contribution is 5.90. The van der Waals surface area contributed by atoms with Gasteiger partial charge in [-0.25, -0.2) is 4.98 Å². The summed E-state index contributed by atoms with van der Waals surface area (Å²) >= 11 is 0. The van der Waals surface area contributed by atoms with Crippen LogP contribution in [0, 0.1) is 6.92 Å². The van der Waals surface area contributed by atoms with Crippen LogP contribution in [-0.2, 0) is 0 Å². The lowest BCUT2D eigenvalue weighted by Crippen LogP contribution is -2.20. The summed E-state index contributed by atoms with van der Waals surface area (Å²) in [4.78, 5) is 8.71. The minimum atomic E-state index is 0.329. The molecular formula is C16H24N4. The molecule has 4 nitrogen and oxygen atoms in total. The first-order chi connectivity index (χ1) is 9.63. The van der Waals surface area contributed by atoms with E-state index in [0.29, 0.717) is 12.0 Å². The third-order valence-corrected chi connectivity index (χ3v) is 3.48. The summed E-state index contributed by atoms with van der Waals surface area (Å²) in [5.41, 5.74) is 7.93. The molecule has 0 amide bonds. The van der Waals surface area contributed by atoms with Crippen LogP contribution in [0.5, 0.6) is 0 Å². The average Bonchev–Trinajstić information content (AvgIpc) is 2.40. The lowest BCUT2D eigenvalue weighted by molar-refractivity contribution is 0.585. The van der Waals surface area contributed by atoms with E-state index in [0.717, 1.165) is 42.4 Å². The molecule has 0 radical (unpaired) electrons. The number of aryl methyl sites for hydroxylation is 1. The van der Waals surface area contributed by atoms with Gasteiger partial charge >= 0.3 is 0 Å². The molecule has 0 aliphatic heterocycles. The van der Waals surface area contributed by atoms with Crippen molar-refractivity contribution in [1.29, 1.82) is 0 Å². The van der Waals surface area contributed by atoms with Crippen LogP contribution < -0.4 is 11.1 Å². The van der Waals surface area contributed by atoms with E-state index >= 15 is 0 Å². The molecule has 4 heteroatoms. The van der Waals surface area contributed by atoms with E-state index in [9.17, 15) is 0 Å². The molecule has 2 aromatic rings. The second kappa shape index (κ2) is 6.55. The lowest BCUT2D eigenvalue weighted by atomic mass is 10.1. The molecule has 2 rings (SSSR count). The van der Waals surface area contributed by atoms with Crippen LogP contribution >= 0.6 is 0 Å². The Morgan fingerprint density at radius 3 is 2.50 bits per heavy atom. The highest BCUT2D eigenvalue weighted by atomic mass is 15.1. The number of nitrogen functional groups attached to an aromatic ring is 1. The molecule has 3 N–H and O–H groups in total. The first-order valence-electron chi connectivity index (χ1n) is 7.44. The van der Waals surface area contributed by atoms with Gasteiger partial charge in [-0.2, -0.15) is 4.98 Å². The van der Waals surface area contributed by atoms with E-state index < -0.39 is 0 Å². The summed E-state index contributed by atoms with van der Waals surface area (Å²) in [6.07, 6.45) is 4.61. The number of hydrogen-bond donors (Lipinski definition) is 2. The molecule has 1 aromatic heterocycles. The van der Waals surface area contributed by atoms with Crippen molar-refractivity contribution in [3.8, 4) is 0 Å². The van der Waals surface area contributed by atoms with E-state index in [2.05, 4.69) is 42.1 Å². The molecule has 0 spiro atoms. The SMILES string of the molecule is CCCC(CCC)Nc1nc(N)nc2ccc(C)cc12. The largest absolute Gasteiger partial charge is 0.368 e. The second-order valence-corrected chi connectivity index (χ2v) is 5.37. The molecule has 0 atom stereocenters. The van der Waals surface area contributed by atoms with Crippen LogP contribution in [0.3, 0.4) is 0 Å². The summed E-state index contributed by atoms with van der Waals surface area (Å²) in [6.45, 7) is 6.50. The van der Waals surface area contributed by atoms with Crippen LogP contribution in [-0.4, -0.2) is 16.0 Å². The predicted molar refractivity (Wildman–Crippen MR) is 85.9 cm³/mol. The summed E-state index contributed by atoms with van der Waals surface area (Å²) in [7, 11) is 0. The molecule has 20 heavy (non-hydrogen) atoms. The normalized spacial score (nSPS) is 11.2. The zero-order valence-electron chi connectivity index (χ0n) is 12.6. The molecule has 0 fully saturated rings. The summed E-state index contributed by atoms with van der Waals surface area (Å²) < 4.78 is 0. The monoisotopic (exact) mass is 272 g/mol. The molecule has 0 bridgehead atoms. The minimum absolute atomic E-state index is 0.329. The number of anilines is 2. The first-order valence-corrected chi connectivity index (χ1v) is 7.44. The van der Waals surface area contributed by atoms with Gasteiger partial charge in [0.2, 0.25) is 5.95 Å². The standard InChI is InChI=1S/C16H24N4/c1-4-6-12(7-5-2)18-15-13-10-11(3)8-9-14(13)19-16(17)20-15/h8-10,12H,4-7H2,1-3H3,(H3,17,18,19,20). The van der Waals surface area contributed by atoms with Gasteiger partial charge in [0.25, 0.3) is 0 Å². The number of nitrogens with zero attached hydrogens (tertiary/aromatic N) is 2. The van der Waals surface area contributed by atoms with Gasteiger partial charge < -0.3 is 11.1 Å². The van der Waals surface area contributed by atoms with Crippen molar-refractivity contribution in [3.05, 3.63) is 23.8 Å². The number of nitrogens with one attached hydrogen (secondary N) is 1. The van der Waals surface area contributed by atoms with Crippen LogP contribution in [0.15, 0.2) is 18.2 Å². The summed E-state index contributed by atoms with van der Waals surface area (Å²) in [5, 5.41) is 4.61. The van der Waals surface area contributed by atoms with Gasteiger partial charge in [-0.15, -0.1) is 0 Å². The lowest BCUT2D eigenvalue weighted by Gasteiger charge is -2.19. The zero-order chi connectivity index (χ0) is 14.5. The Hall–Kier alpha value is -1.84. The molecule has 0 aliphatic carbocycles. The van der Waals surface area contributed by atoms with E-state index in [1.165, 1.54) is 5.56 Å². The van der Waals surface area contributed by atoms with E-state index in [1.807, 2.05) is 12.1 Å². The molecule has 0 aliphatic rings. The Balaban J connectivity index is 2.38. The molecule has 0 saturated carbocycles. The van der Waals surface area contributed by atoms with Crippen LogP contribution in [0.2, 0.25) is 0 Å². The van der Waals surface area contributed by atoms with Crippen molar-refractivity contribution in [2.24, 2.45) is 0 Å². The minimum Gasteiger partial charge on any atom is -0.368 e. The zero-order valence-corrected chi connectivity index (χ0v) is 12.6. The van der Waals surface area contributed by atoms with Gasteiger partial charge in [0, 0.05) is 11.4 Å². The van der Waals surface area contributed by atoms with Crippen molar-refractivity contribution >= 4 is 22.7 Å². The molecular weight excluding hydrogens is 248 g/mol. The van der Waals surface area contributed by atoms with Crippen LogP contribution in [0.4, 0.5) is 11.8 Å². The van der Waals surface area contributed by atoms with Crippen molar-refractivity contribution in [1.82, 2.24) is 9.97 Å².